The predicted molar refractivity (Wildman–Crippen MR) is 95.1 cm³/mol. The van der Waals surface area contributed by atoms with Crippen LogP contribution in [-0.2, 0) is 6.42 Å². The number of hydrogen-bond donors (Lipinski definition) is 1. The molecule has 0 radical (unpaired) electrons. The molecule has 0 unspecified atom stereocenters. The fourth-order valence-electron chi connectivity index (χ4n) is 3.06. The van der Waals surface area contributed by atoms with Crippen LogP contribution >= 0.6 is 0 Å². The maximum atomic E-state index is 12.5. The molecule has 0 bridgehead atoms. The van der Waals surface area contributed by atoms with Crippen LogP contribution in [-0.4, -0.2) is 27.0 Å². The van der Waals surface area contributed by atoms with Crippen molar-refractivity contribution in [2.75, 3.05) is 6.54 Å². The number of imidazole rings is 1. The summed E-state index contributed by atoms with van der Waals surface area (Å²) in [6.07, 6.45) is 4.25. The fraction of sp³-hybridized carbons (Fsp3) is 0.316. The number of amides is 1. The van der Waals surface area contributed by atoms with E-state index in [4.69, 9.17) is 0 Å². The number of pyridine rings is 1. The van der Waals surface area contributed by atoms with Crippen LogP contribution < -0.4 is 5.32 Å². The van der Waals surface area contributed by atoms with Crippen LogP contribution in [0.1, 0.15) is 41.9 Å². The average Bonchev–Trinajstić information content (AvgIpc) is 2.95. The topological polar surface area (TPSA) is 59.8 Å². The largest absolute Gasteiger partial charge is 0.350 e. The highest BCUT2D eigenvalue weighted by molar-refractivity contribution is 6.05. The van der Waals surface area contributed by atoms with Gasteiger partial charge in [-0.25, -0.2) is 4.98 Å². The van der Waals surface area contributed by atoms with Crippen molar-refractivity contribution >= 4 is 16.7 Å². The Kier molecular flexibility index (Phi) is 4.60. The van der Waals surface area contributed by atoms with E-state index in [1.807, 2.05) is 36.5 Å². The van der Waals surface area contributed by atoms with Crippen LogP contribution in [0.3, 0.4) is 0 Å². The van der Waals surface area contributed by atoms with Gasteiger partial charge in [0, 0.05) is 42.5 Å². The highest BCUT2D eigenvalue weighted by Crippen LogP contribution is 2.16. The predicted octanol–water partition coefficient (Wildman–Crippen LogP) is 3.29. The van der Waals surface area contributed by atoms with Crippen molar-refractivity contribution in [3.8, 4) is 0 Å². The molecule has 0 saturated heterocycles. The van der Waals surface area contributed by atoms with Gasteiger partial charge in [0.15, 0.2) is 0 Å². The van der Waals surface area contributed by atoms with Gasteiger partial charge < -0.3 is 9.88 Å². The van der Waals surface area contributed by atoms with E-state index < -0.39 is 0 Å². The molecular weight excluding hydrogens is 300 g/mol. The second-order valence-corrected chi connectivity index (χ2v) is 6.17. The fourth-order valence-corrected chi connectivity index (χ4v) is 3.06. The molecule has 0 aliphatic heterocycles. The first-order valence-corrected chi connectivity index (χ1v) is 8.22. The summed E-state index contributed by atoms with van der Waals surface area (Å²) in [5.41, 5.74) is 1.61. The summed E-state index contributed by atoms with van der Waals surface area (Å²) in [5.74, 6) is 0.847. The van der Waals surface area contributed by atoms with E-state index in [1.54, 1.807) is 6.20 Å². The summed E-state index contributed by atoms with van der Waals surface area (Å²) >= 11 is 0. The summed E-state index contributed by atoms with van der Waals surface area (Å²) in [7, 11) is 0. The number of carbonyl (C=O) groups is 1. The molecule has 2 heterocycles. The Balaban J connectivity index is 1.70. The molecule has 1 amide bonds. The lowest BCUT2D eigenvalue weighted by Crippen LogP contribution is -2.27. The van der Waals surface area contributed by atoms with Crippen LogP contribution in [0, 0.1) is 6.92 Å². The molecular formula is C19H22N4O. The zero-order valence-electron chi connectivity index (χ0n) is 14.3. The van der Waals surface area contributed by atoms with Crippen LogP contribution in [0.4, 0.5) is 0 Å². The summed E-state index contributed by atoms with van der Waals surface area (Å²) in [6.45, 7) is 6.86. The third-order valence-electron chi connectivity index (χ3n) is 4.10. The molecule has 0 fully saturated rings. The third kappa shape index (κ3) is 3.15. The van der Waals surface area contributed by atoms with E-state index in [2.05, 4.69) is 40.6 Å². The molecule has 5 nitrogen and oxygen atoms in total. The Bertz CT molecular complexity index is 861. The lowest BCUT2D eigenvalue weighted by atomic mass is 10.1. The van der Waals surface area contributed by atoms with Crippen LogP contribution in [0.25, 0.3) is 10.8 Å². The number of carbonyl (C=O) groups excluding carboxylic acids is 1. The molecule has 24 heavy (non-hydrogen) atoms. The second-order valence-electron chi connectivity index (χ2n) is 6.17. The molecule has 0 aliphatic carbocycles. The highest BCUT2D eigenvalue weighted by Gasteiger charge is 2.13. The summed E-state index contributed by atoms with van der Waals surface area (Å²) in [5, 5.41) is 4.85. The van der Waals surface area contributed by atoms with Gasteiger partial charge in [0.2, 0.25) is 0 Å². The molecule has 2 aromatic heterocycles. The minimum Gasteiger partial charge on any atom is -0.350 e. The third-order valence-corrected chi connectivity index (χ3v) is 4.10. The van der Waals surface area contributed by atoms with E-state index in [-0.39, 0.29) is 5.91 Å². The number of fused-ring (bicyclic) bond motifs is 1. The Morgan fingerprint density at radius 2 is 2.00 bits per heavy atom. The lowest BCUT2D eigenvalue weighted by Gasteiger charge is -2.14. The summed E-state index contributed by atoms with van der Waals surface area (Å²) in [4.78, 5) is 21.2. The first-order valence-electron chi connectivity index (χ1n) is 8.22. The lowest BCUT2D eigenvalue weighted by molar-refractivity contribution is 0.0951. The second kappa shape index (κ2) is 6.83. The van der Waals surface area contributed by atoms with Gasteiger partial charge in [0.25, 0.3) is 5.91 Å². The molecule has 3 rings (SSSR count). The first kappa shape index (κ1) is 16.2. The smallest absolute Gasteiger partial charge is 0.270 e. The molecule has 0 atom stereocenters. The normalized spacial score (nSPS) is 11.2. The standard InChI is InChI=1S/C19H22N4O/c1-13(2)23-14(3)12-22-17(23)9-11-21-19(24)18-16-7-5-4-6-15(16)8-10-20-18/h4-8,10,12-13H,9,11H2,1-3H3,(H,21,24). The Morgan fingerprint density at radius 1 is 1.21 bits per heavy atom. The van der Waals surface area contributed by atoms with Gasteiger partial charge in [-0.15, -0.1) is 0 Å². The molecule has 5 heteroatoms. The molecule has 124 valence electrons. The molecule has 0 spiro atoms. The summed E-state index contributed by atoms with van der Waals surface area (Å²) < 4.78 is 2.20. The molecule has 0 aliphatic rings. The Morgan fingerprint density at radius 3 is 2.79 bits per heavy atom. The minimum atomic E-state index is -0.147. The number of nitrogens with zero attached hydrogens (tertiary/aromatic N) is 3. The summed E-state index contributed by atoms with van der Waals surface area (Å²) in [6, 6.07) is 10.1. The van der Waals surface area contributed by atoms with Crippen LogP contribution in [0.15, 0.2) is 42.7 Å². The van der Waals surface area contributed by atoms with E-state index in [9.17, 15) is 4.79 Å². The molecule has 1 N–H and O–H groups in total. The zero-order valence-corrected chi connectivity index (χ0v) is 14.3. The van der Waals surface area contributed by atoms with Gasteiger partial charge in [-0.1, -0.05) is 24.3 Å². The van der Waals surface area contributed by atoms with Gasteiger partial charge in [0.05, 0.1) is 0 Å². The van der Waals surface area contributed by atoms with Crippen LogP contribution in [0.2, 0.25) is 0 Å². The number of aryl methyl sites for hydroxylation is 1. The van der Waals surface area contributed by atoms with E-state index in [1.165, 1.54) is 0 Å². The van der Waals surface area contributed by atoms with Crippen molar-refractivity contribution < 1.29 is 4.79 Å². The quantitative estimate of drug-likeness (QED) is 0.784. The van der Waals surface area contributed by atoms with E-state index in [0.29, 0.717) is 24.7 Å². The van der Waals surface area contributed by atoms with Gasteiger partial charge in [-0.3, -0.25) is 9.78 Å². The van der Waals surface area contributed by atoms with Gasteiger partial charge in [0.1, 0.15) is 11.5 Å². The van der Waals surface area contributed by atoms with E-state index in [0.717, 1.165) is 22.3 Å². The SMILES string of the molecule is Cc1cnc(CCNC(=O)c2nccc3ccccc23)n1C(C)C. The number of nitrogens with one attached hydrogen (secondary N) is 1. The number of aromatic nitrogens is 3. The minimum absolute atomic E-state index is 0.147. The Labute approximate surface area is 141 Å². The van der Waals surface area contributed by atoms with Crippen molar-refractivity contribution in [2.24, 2.45) is 0 Å². The molecule has 0 saturated carbocycles. The van der Waals surface area contributed by atoms with Gasteiger partial charge in [-0.2, -0.15) is 0 Å². The first-order chi connectivity index (χ1) is 11.6. The van der Waals surface area contributed by atoms with Crippen molar-refractivity contribution in [1.29, 1.82) is 0 Å². The van der Waals surface area contributed by atoms with Crippen LogP contribution in [0.5, 0.6) is 0 Å². The van der Waals surface area contributed by atoms with Gasteiger partial charge >= 0.3 is 0 Å². The molecule has 3 aromatic rings. The molecule has 1 aromatic carbocycles. The number of benzene rings is 1. The number of hydrogen-bond acceptors (Lipinski definition) is 3. The van der Waals surface area contributed by atoms with Crippen molar-refractivity contribution in [2.45, 2.75) is 33.2 Å². The van der Waals surface area contributed by atoms with Gasteiger partial charge in [-0.05, 0) is 32.2 Å². The monoisotopic (exact) mass is 322 g/mol. The van der Waals surface area contributed by atoms with Crippen molar-refractivity contribution in [1.82, 2.24) is 19.9 Å². The Hall–Kier alpha value is -2.69. The van der Waals surface area contributed by atoms with Crippen molar-refractivity contribution in [3.63, 3.8) is 0 Å². The van der Waals surface area contributed by atoms with Crippen molar-refractivity contribution in [3.05, 3.63) is 59.9 Å². The number of rotatable bonds is 5. The maximum Gasteiger partial charge on any atom is 0.270 e. The highest BCUT2D eigenvalue weighted by atomic mass is 16.1. The zero-order chi connectivity index (χ0) is 17.1. The average molecular weight is 322 g/mol. The maximum absolute atomic E-state index is 12.5. The van der Waals surface area contributed by atoms with E-state index >= 15 is 0 Å².